The first-order chi connectivity index (χ1) is 9.24. The molecule has 19 heavy (non-hydrogen) atoms. The second-order valence-corrected chi connectivity index (χ2v) is 4.89. The van der Waals surface area contributed by atoms with E-state index in [0.29, 0.717) is 0 Å². The number of nitrogens with one attached hydrogen (secondary N) is 2. The van der Waals surface area contributed by atoms with Gasteiger partial charge >= 0.3 is 0 Å². The van der Waals surface area contributed by atoms with Crippen LogP contribution in [0.3, 0.4) is 0 Å². The Bertz CT molecular complexity index is 713. The van der Waals surface area contributed by atoms with Crippen molar-refractivity contribution in [3.63, 3.8) is 0 Å². The van der Waals surface area contributed by atoms with Crippen LogP contribution in [0.25, 0.3) is 11.0 Å². The molecule has 0 saturated heterocycles. The molecule has 0 spiro atoms. The van der Waals surface area contributed by atoms with Crippen LogP contribution in [0.15, 0.2) is 42.7 Å². The molecule has 0 aliphatic carbocycles. The number of nitrogens with zero attached hydrogens (tertiary/aromatic N) is 1. The predicted octanol–water partition coefficient (Wildman–Crippen LogP) is 3.79. The molecule has 2 aromatic heterocycles. The van der Waals surface area contributed by atoms with Gasteiger partial charge in [-0.3, -0.25) is 0 Å². The third kappa shape index (κ3) is 2.32. The lowest BCUT2D eigenvalue weighted by Gasteiger charge is -2.09. The molecule has 0 radical (unpaired) electrons. The summed E-state index contributed by atoms with van der Waals surface area (Å²) in [5, 5.41) is 4.67. The van der Waals surface area contributed by atoms with Crippen molar-refractivity contribution in [3.8, 4) is 0 Å². The molecule has 96 valence electrons. The molecule has 0 fully saturated rings. The molecule has 3 nitrogen and oxygen atoms in total. The van der Waals surface area contributed by atoms with Crippen LogP contribution in [-0.4, -0.2) is 9.97 Å². The molecule has 0 unspecified atom stereocenters. The Labute approximate surface area is 112 Å². The van der Waals surface area contributed by atoms with E-state index in [-0.39, 0.29) is 0 Å². The maximum atomic E-state index is 4.30. The van der Waals surface area contributed by atoms with E-state index in [1.165, 1.54) is 27.8 Å². The van der Waals surface area contributed by atoms with Crippen molar-refractivity contribution in [2.24, 2.45) is 0 Å². The minimum atomic E-state index is 0.801. The van der Waals surface area contributed by atoms with Crippen LogP contribution in [0.1, 0.15) is 16.7 Å². The third-order valence-electron chi connectivity index (χ3n) is 3.39. The van der Waals surface area contributed by atoms with Gasteiger partial charge in [0.1, 0.15) is 5.65 Å². The van der Waals surface area contributed by atoms with E-state index in [0.717, 1.165) is 12.2 Å². The van der Waals surface area contributed by atoms with E-state index in [1.54, 1.807) is 6.20 Å². The lowest BCUT2D eigenvalue weighted by Crippen LogP contribution is -2.00. The average molecular weight is 251 g/mol. The SMILES string of the molecule is Cc1ccc(NCc2c[nH]c3ncccc23)c(C)c1. The van der Waals surface area contributed by atoms with Gasteiger partial charge in [-0.2, -0.15) is 0 Å². The normalized spacial score (nSPS) is 10.8. The summed E-state index contributed by atoms with van der Waals surface area (Å²) >= 11 is 0. The summed E-state index contributed by atoms with van der Waals surface area (Å²) < 4.78 is 0. The summed E-state index contributed by atoms with van der Waals surface area (Å²) in [6.07, 6.45) is 3.83. The lowest BCUT2D eigenvalue weighted by atomic mass is 10.1. The Morgan fingerprint density at radius 2 is 2.11 bits per heavy atom. The number of fused-ring (bicyclic) bond motifs is 1. The zero-order valence-electron chi connectivity index (χ0n) is 11.2. The Balaban J connectivity index is 1.82. The van der Waals surface area contributed by atoms with Gasteiger partial charge in [-0.1, -0.05) is 17.7 Å². The maximum Gasteiger partial charge on any atom is 0.137 e. The molecule has 2 heterocycles. The van der Waals surface area contributed by atoms with Crippen LogP contribution >= 0.6 is 0 Å². The Morgan fingerprint density at radius 3 is 2.95 bits per heavy atom. The van der Waals surface area contributed by atoms with Crippen LogP contribution < -0.4 is 5.32 Å². The Kier molecular flexibility index (Phi) is 2.95. The molecule has 0 bridgehead atoms. The number of aromatic nitrogens is 2. The number of hydrogen-bond donors (Lipinski definition) is 2. The molecular formula is C16H17N3. The molecule has 1 aromatic carbocycles. The minimum Gasteiger partial charge on any atom is -0.381 e. The van der Waals surface area contributed by atoms with E-state index < -0.39 is 0 Å². The van der Waals surface area contributed by atoms with Crippen molar-refractivity contribution in [2.75, 3.05) is 5.32 Å². The van der Waals surface area contributed by atoms with Crippen molar-refractivity contribution in [2.45, 2.75) is 20.4 Å². The van der Waals surface area contributed by atoms with E-state index in [1.807, 2.05) is 12.3 Å². The highest BCUT2D eigenvalue weighted by Gasteiger charge is 2.04. The van der Waals surface area contributed by atoms with Crippen LogP contribution in [0.4, 0.5) is 5.69 Å². The van der Waals surface area contributed by atoms with E-state index in [2.05, 4.69) is 53.4 Å². The summed E-state index contributed by atoms with van der Waals surface area (Å²) in [6.45, 7) is 5.05. The number of aromatic amines is 1. The molecule has 0 amide bonds. The van der Waals surface area contributed by atoms with Crippen LogP contribution in [0.5, 0.6) is 0 Å². The zero-order chi connectivity index (χ0) is 13.2. The van der Waals surface area contributed by atoms with E-state index in [4.69, 9.17) is 0 Å². The first-order valence-electron chi connectivity index (χ1n) is 6.46. The maximum absolute atomic E-state index is 4.30. The Morgan fingerprint density at radius 1 is 1.21 bits per heavy atom. The molecular weight excluding hydrogens is 234 g/mol. The fourth-order valence-electron chi connectivity index (χ4n) is 2.36. The van der Waals surface area contributed by atoms with Gasteiger partial charge in [-0.05, 0) is 43.2 Å². The second kappa shape index (κ2) is 4.76. The average Bonchev–Trinajstić information content (AvgIpc) is 2.81. The van der Waals surface area contributed by atoms with Gasteiger partial charge in [-0.15, -0.1) is 0 Å². The van der Waals surface area contributed by atoms with Crippen molar-refractivity contribution in [3.05, 3.63) is 59.4 Å². The van der Waals surface area contributed by atoms with Gasteiger partial charge in [0.25, 0.3) is 0 Å². The van der Waals surface area contributed by atoms with Gasteiger partial charge in [0.15, 0.2) is 0 Å². The summed E-state index contributed by atoms with van der Waals surface area (Å²) in [5.41, 5.74) is 5.93. The van der Waals surface area contributed by atoms with Gasteiger partial charge in [0.05, 0.1) is 0 Å². The highest BCUT2D eigenvalue weighted by atomic mass is 14.9. The summed E-state index contributed by atoms with van der Waals surface area (Å²) in [4.78, 5) is 7.50. The lowest BCUT2D eigenvalue weighted by molar-refractivity contribution is 1.15. The highest BCUT2D eigenvalue weighted by molar-refractivity contribution is 5.79. The van der Waals surface area contributed by atoms with Gasteiger partial charge in [0.2, 0.25) is 0 Å². The molecule has 3 aromatic rings. The fraction of sp³-hybridized carbons (Fsp3) is 0.188. The van der Waals surface area contributed by atoms with Crippen molar-refractivity contribution in [1.82, 2.24) is 9.97 Å². The molecule has 2 N–H and O–H groups in total. The monoisotopic (exact) mass is 251 g/mol. The number of pyridine rings is 1. The minimum absolute atomic E-state index is 0.801. The van der Waals surface area contributed by atoms with Gasteiger partial charge in [0, 0.05) is 30.0 Å². The number of hydrogen-bond acceptors (Lipinski definition) is 2. The van der Waals surface area contributed by atoms with Gasteiger partial charge < -0.3 is 10.3 Å². The molecule has 0 aliphatic rings. The molecule has 0 aliphatic heterocycles. The standard InChI is InChI=1S/C16H17N3/c1-11-5-6-15(12(2)8-11)18-9-13-10-19-16-14(13)4-3-7-17-16/h3-8,10,18H,9H2,1-2H3,(H,17,19). The number of aryl methyl sites for hydroxylation is 2. The number of benzene rings is 1. The van der Waals surface area contributed by atoms with E-state index >= 15 is 0 Å². The first-order valence-corrected chi connectivity index (χ1v) is 6.46. The van der Waals surface area contributed by atoms with Gasteiger partial charge in [-0.25, -0.2) is 4.98 Å². The van der Waals surface area contributed by atoms with Crippen LogP contribution in [-0.2, 0) is 6.54 Å². The fourth-order valence-corrected chi connectivity index (χ4v) is 2.36. The number of anilines is 1. The molecule has 3 heteroatoms. The van der Waals surface area contributed by atoms with Crippen LogP contribution in [0, 0.1) is 13.8 Å². The number of rotatable bonds is 3. The van der Waals surface area contributed by atoms with Crippen molar-refractivity contribution in [1.29, 1.82) is 0 Å². The zero-order valence-corrected chi connectivity index (χ0v) is 11.2. The first kappa shape index (κ1) is 11.8. The van der Waals surface area contributed by atoms with Crippen molar-refractivity contribution < 1.29 is 0 Å². The summed E-state index contributed by atoms with van der Waals surface area (Å²) in [6, 6.07) is 10.5. The predicted molar refractivity (Wildman–Crippen MR) is 79.3 cm³/mol. The molecule has 0 atom stereocenters. The summed E-state index contributed by atoms with van der Waals surface area (Å²) in [5.74, 6) is 0. The molecule has 0 saturated carbocycles. The van der Waals surface area contributed by atoms with Crippen LogP contribution in [0.2, 0.25) is 0 Å². The number of H-pyrrole nitrogens is 1. The largest absolute Gasteiger partial charge is 0.381 e. The van der Waals surface area contributed by atoms with E-state index in [9.17, 15) is 0 Å². The smallest absolute Gasteiger partial charge is 0.137 e. The summed E-state index contributed by atoms with van der Waals surface area (Å²) in [7, 11) is 0. The molecule has 3 rings (SSSR count). The topological polar surface area (TPSA) is 40.7 Å². The van der Waals surface area contributed by atoms with Crippen molar-refractivity contribution >= 4 is 16.7 Å². The third-order valence-corrected chi connectivity index (χ3v) is 3.39. The Hall–Kier alpha value is -2.29. The quantitative estimate of drug-likeness (QED) is 0.743. The highest BCUT2D eigenvalue weighted by Crippen LogP contribution is 2.20. The second-order valence-electron chi connectivity index (χ2n) is 4.89.